The minimum atomic E-state index is -0.1000. The zero-order chi connectivity index (χ0) is 16.2. The highest BCUT2D eigenvalue weighted by Crippen LogP contribution is 2.23. The van der Waals surface area contributed by atoms with Gasteiger partial charge >= 0.3 is 0 Å². The molecule has 0 aliphatic rings. The lowest BCUT2D eigenvalue weighted by molar-refractivity contribution is 0.0822. The number of nitrogens with zero attached hydrogens (tertiary/aromatic N) is 3. The average molecular weight is 298 g/mol. The molecule has 0 saturated carbocycles. The third kappa shape index (κ3) is 3.81. The quantitative estimate of drug-likeness (QED) is 0.921. The van der Waals surface area contributed by atoms with Crippen molar-refractivity contribution in [2.75, 3.05) is 26.0 Å². The van der Waals surface area contributed by atoms with E-state index in [2.05, 4.69) is 29.1 Å². The minimum absolute atomic E-state index is 0.0437. The second kappa shape index (κ2) is 6.56. The molecule has 0 fully saturated rings. The number of aromatic nitrogens is 2. The van der Waals surface area contributed by atoms with Gasteiger partial charge in [-0.15, -0.1) is 0 Å². The molecule has 0 unspecified atom stereocenters. The highest BCUT2D eigenvalue weighted by Gasteiger charge is 2.20. The van der Waals surface area contributed by atoms with Crippen LogP contribution in [0.15, 0.2) is 42.9 Å². The monoisotopic (exact) mass is 298 g/mol. The van der Waals surface area contributed by atoms with Gasteiger partial charge in [0.1, 0.15) is 5.69 Å². The van der Waals surface area contributed by atoms with E-state index in [1.807, 2.05) is 18.2 Å². The average Bonchev–Trinajstić information content (AvgIpc) is 2.53. The van der Waals surface area contributed by atoms with E-state index in [1.54, 1.807) is 38.8 Å². The molecule has 116 valence electrons. The van der Waals surface area contributed by atoms with Gasteiger partial charge in [-0.25, -0.2) is 0 Å². The molecule has 5 nitrogen and oxygen atoms in total. The maximum Gasteiger partial charge on any atom is 0.272 e. The van der Waals surface area contributed by atoms with E-state index < -0.39 is 0 Å². The summed E-state index contributed by atoms with van der Waals surface area (Å²) in [6.45, 7) is 5.08. The van der Waals surface area contributed by atoms with Crippen LogP contribution in [0.5, 0.6) is 0 Å². The maximum absolute atomic E-state index is 11.9. The SMILES string of the molecule is CN(C)C(=O)c1cc(NCC(C)(C)c2ccncc2)ccn1. The molecule has 0 saturated heterocycles. The van der Waals surface area contributed by atoms with E-state index in [4.69, 9.17) is 0 Å². The second-order valence-electron chi connectivity index (χ2n) is 6.10. The Kier molecular flexibility index (Phi) is 4.75. The molecule has 2 heterocycles. The Balaban J connectivity index is 2.09. The van der Waals surface area contributed by atoms with Crippen LogP contribution in [0.1, 0.15) is 29.9 Å². The summed E-state index contributed by atoms with van der Waals surface area (Å²) < 4.78 is 0. The van der Waals surface area contributed by atoms with E-state index in [0.29, 0.717) is 5.69 Å². The lowest BCUT2D eigenvalue weighted by atomic mass is 9.85. The predicted molar refractivity (Wildman–Crippen MR) is 88.0 cm³/mol. The summed E-state index contributed by atoms with van der Waals surface area (Å²) in [4.78, 5) is 21.6. The molecule has 2 rings (SSSR count). The van der Waals surface area contributed by atoms with Crippen molar-refractivity contribution in [2.45, 2.75) is 19.3 Å². The van der Waals surface area contributed by atoms with Crippen LogP contribution < -0.4 is 5.32 Å². The Hall–Kier alpha value is -2.43. The van der Waals surface area contributed by atoms with E-state index in [9.17, 15) is 4.79 Å². The Morgan fingerprint density at radius 3 is 2.50 bits per heavy atom. The smallest absolute Gasteiger partial charge is 0.272 e. The third-order valence-electron chi connectivity index (χ3n) is 3.58. The van der Waals surface area contributed by atoms with Gasteiger partial charge in [-0.1, -0.05) is 13.8 Å². The molecular weight excluding hydrogens is 276 g/mol. The molecule has 0 bridgehead atoms. The molecule has 1 N–H and O–H groups in total. The van der Waals surface area contributed by atoms with Gasteiger partial charge in [0.25, 0.3) is 5.91 Å². The fourth-order valence-electron chi connectivity index (χ4n) is 2.11. The lowest BCUT2D eigenvalue weighted by Gasteiger charge is -2.26. The van der Waals surface area contributed by atoms with Gasteiger partial charge in [0.05, 0.1) is 0 Å². The third-order valence-corrected chi connectivity index (χ3v) is 3.58. The Morgan fingerprint density at radius 2 is 1.86 bits per heavy atom. The van der Waals surface area contributed by atoms with Gasteiger partial charge in [0.2, 0.25) is 0 Å². The van der Waals surface area contributed by atoms with Gasteiger partial charge in [-0.2, -0.15) is 0 Å². The first-order valence-corrected chi connectivity index (χ1v) is 7.22. The summed E-state index contributed by atoms with van der Waals surface area (Å²) in [6.07, 6.45) is 5.26. The fraction of sp³-hybridized carbons (Fsp3) is 0.353. The molecule has 0 aliphatic heterocycles. The molecule has 2 aromatic heterocycles. The van der Waals surface area contributed by atoms with Crippen LogP contribution >= 0.6 is 0 Å². The first kappa shape index (κ1) is 15.9. The van der Waals surface area contributed by atoms with Crippen LogP contribution in [-0.4, -0.2) is 41.4 Å². The van der Waals surface area contributed by atoms with Crippen LogP contribution in [-0.2, 0) is 5.41 Å². The first-order chi connectivity index (χ1) is 10.4. The van der Waals surface area contributed by atoms with Gasteiger partial charge in [0, 0.05) is 50.3 Å². The van der Waals surface area contributed by atoms with Crippen LogP contribution in [0.4, 0.5) is 5.69 Å². The summed E-state index contributed by atoms with van der Waals surface area (Å²) >= 11 is 0. The number of carbonyl (C=O) groups excluding carboxylic acids is 1. The molecule has 1 amide bonds. The van der Waals surface area contributed by atoms with E-state index in [0.717, 1.165) is 12.2 Å². The second-order valence-corrected chi connectivity index (χ2v) is 6.10. The van der Waals surface area contributed by atoms with Crippen molar-refractivity contribution in [3.8, 4) is 0 Å². The number of carbonyl (C=O) groups is 1. The zero-order valence-corrected chi connectivity index (χ0v) is 13.5. The summed E-state index contributed by atoms with van der Waals surface area (Å²) in [7, 11) is 3.44. The van der Waals surface area contributed by atoms with Crippen molar-refractivity contribution in [2.24, 2.45) is 0 Å². The molecule has 0 aromatic carbocycles. The maximum atomic E-state index is 11.9. The van der Waals surface area contributed by atoms with Gasteiger partial charge in [-0.3, -0.25) is 14.8 Å². The van der Waals surface area contributed by atoms with Crippen molar-refractivity contribution >= 4 is 11.6 Å². The highest BCUT2D eigenvalue weighted by molar-refractivity contribution is 5.92. The molecule has 0 atom stereocenters. The summed E-state index contributed by atoms with van der Waals surface area (Å²) in [5.74, 6) is -0.1000. The van der Waals surface area contributed by atoms with Gasteiger partial charge < -0.3 is 10.2 Å². The number of amides is 1. The van der Waals surface area contributed by atoms with Crippen molar-refractivity contribution in [1.82, 2.24) is 14.9 Å². The van der Waals surface area contributed by atoms with Crippen molar-refractivity contribution in [1.29, 1.82) is 0 Å². The molecule has 22 heavy (non-hydrogen) atoms. The number of anilines is 1. The zero-order valence-electron chi connectivity index (χ0n) is 13.5. The van der Waals surface area contributed by atoms with Crippen LogP contribution in [0.3, 0.4) is 0 Å². The molecule has 5 heteroatoms. The standard InChI is InChI=1S/C17H22N4O/c1-17(2,13-5-8-18-9-6-13)12-20-14-7-10-19-15(11-14)16(22)21(3)4/h5-11H,12H2,1-4H3,(H,19,20). The molecular formula is C17H22N4O. The number of rotatable bonds is 5. The number of hydrogen-bond acceptors (Lipinski definition) is 4. The van der Waals surface area contributed by atoms with Crippen LogP contribution in [0.25, 0.3) is 0 Å². The number of hydrogen-bond donors (Lipinski definition) is 1. The number of nitrogens with one attached hydrogen (secondary N) is 1. The summed E-state index contributed by atoms with van der Waals surface area (Å²) in [5.41, 5.74) is 2.51. The van der Waals surface area contributed by atoms with Gasteiger partial charge in [-0.05, 0) is 29.8 Å². The highest BCUT2D eigenvalue weighted by atomic mass is 16.2. The van der Waals surface area contributed by atoms with Gasteiger partial charge in [0.15, 0.2) is 0 Å². The molecule has 2 aromatic rings. The van der Waals surface area contributed by atoms with Crippen LogP contribution in [0.2, 0.25) is 0 Å². The fourth-order valence-corrected chi connectivity index (χ4v) is 2.11. The number of pyridine rings is 2. The van der Waals surface area contributed by atoms with E-state index in [-0.39, 0.29) is 11.3 Å². The summed E-state index contributed by atoms with van der Waals surface area (Å²) in [5, 5.41) is 3.39. The summed E-state index contributed by atoms with van der Waals surface area (Å²) in [6, 6.07) is 7.70. The van der Waals surface area contributed by atoms with Crippen molar-refractivity contribution < 1.29 is 4.79 Å². The first-order valence-electron chi connectivity index (χ1n) is 7.22. The molecule has 0 aliphatic carbocycles. The molecule has 0 spiro atoms. The van der Waals surface area contributed by atoms with E-state index in [1.165, 1.54) is 10.5 Å². The normalized spacial score (nSPS) is 11.1. The lowest BCUT2D eigenvalue weighted by Crippen LogP contribution is -2.28. The topological polar surface area (TPSA) is 58.1 Å². The van der Waals surface area contributed by atoms with E-state index >= 15 is 0 Å². The minimum Gasteiger partial charge on any atom is -0.384 e. The van der Waals surface area contributed by atoms with Crippen LogP contribution in [0, 0.1) is 0 Å². The Bertz CT molecular complexity index is 638. The largest absolute Gasteiger partial charge is 0.384 e. The Labute approximate surface area is 131 Å². The van der Waals surface area contributed by atoms with Crippen molar-refractivity contribution in [3.63, 3.8) is 0 Å². The molecule has 0 radical (unpaired) electrons. The predicted octanol–water partition coefficient (Wildman–Crippen LogP) is 2.57. The van der Waals surface area contributed by atoms with Crippen molar-refractivity contribution in [3.05, 3.63) is 54.1 Å². The Morgan fingerprint density at radius 1 is 1.18 bits per heavy atom.